The van der Waals surface area contributed by atoms with E-state index in [0.717, 1.165) is 0 Å². The highest BCUT2D eigenvalue weighted by atomic mass is 16.5. The molecule has 0 atom stereocenters. The van der Waals surface area contributed by atoms with Crippen LogP contribution in [0.2, 0.25) is 0 Å². The van der Waals surface area contributed by atoms with Crippen molar-refractivity contribution >= 4 is 11.9 Å². The van der Waals surface area contributed by atoms with Crippen molar-refractivity contribution in [1.82, 2.24) is 0 Å². The number of carboxylic acid groups (broad SMARTS) is 1. The Bertz CT molecular complexity index is 204. The fourth-order valence-electron chi connectivity index (χ4n) is 0.848. The van der Waals surface area contributed by atoms with E-state index in [1.165, 1.54) is 0 Å². The number of aliphatic carboxylic acids is 1. The summed E-state index contributed by atoms with van der Waals surface area (Å²) in [6, 6.07) is 0. The van der Waals surface area contributed by atoms with Gasteiger partial charge < -0.3 is 25.2 Å². The van der Waals surface area contributed by atoms with Gasteiger partial charge in [0.25, 0.3) is 0 Å². The number of carbonyl (C=O) groups is 2. The Morgan fingerprint density at radius 3 is 1.78 bits per heavy atom. The van der Waals surface area contributed by atoms with E-state index in [2.05, 4.69) is 4.74 Å². The summed E-state index contributed by atoms with van der Waals surface area (Å²) in [5.41, 5.74) is 0. The molecule has 0 spiro atoms. The Morgan fingerprint density at radius 1 is 0.833 bits per heavy atom. The number of unbranched alkanes of at least 4 members (excludes halogenated alkanes) is 1. The number of rotatable bonds is 9. The summed E-state index contributed by atoms with van der Waals surface area (Å²) in [5, 5.41) is 32.4. The summed E-state index contributed by atoms with van der Waals surface area (Å²) in [7, 11) is 0. The largest absolute Gasteiger partial charge is 0.481 e. The van der Waals surface area contributed by atoms with Crippen LogP contribution in [-0.2, 0) is 14.3 Å². The minimum atomic E-state index is -0.858. The fourth-order valence-corrected chi connectivity index (χ4v) is 0.848. The van der Waals surface area contributed by atoms with Crippen LogP contribution >= 0.6 is 0 Å². The van der Waals surface area contributed by atoms with E-state index in [4.69, 9.17) is 20.4 Å². The number of esters is 1. The second-order valence-electron chi connectivity index (χ2n) is 3.35. The van der Waals surface area contributed by atoms with Crippen LogP contribution in [0.3, 0.4) is 0 Å². The highest BCUT2D eigenvalue weighted by molar-refractivity contribution is 5.69. The Labute approximate surface area is 106 Å². The van der Waals surface area contributed by atoms with Gasteiger partial charge in [-0.1, -0.05) is 0 Å². The lowest BCUT2D eigenvalue weighted by molar-refractivity contribution is -0.145. The van der Waals surface area contributed by atoms with Crippen LogP contribution < -0.4 is 0 Å². The minimum absolute atomic E-state index is 0.0117. The van der Waals surface area contributed by atoms with Crippen LogP contribution in [0, 0.1) is 0 Å². The molecule has 7 nitrogen and oxygen atoms in total. The highest BCUT2D eigenvalue weighted by Crippen LogP contribution is 2.00. The molecular weight excluding hydrogens is 244 g/mol. The van der Waals surface area contributed by atoms with Gasteiger partial charge in [-0.05, 0) is 19.3 Å². The van der Waals surface area contributed by atoms with Crippen molar-refractivity contribution in [2.24, 2.45) is 0 Å². The lowest BCUT2D eigenvalue weighted by Crippen LogP contribution is -2.08. The van der Waals surface area contributed by atoms with Gasteiger partial charge in [-0.2, -0.15) is 0 Å². The van der Waals surface area contributed by atoms with Crippen molar-refractivity contribution in [3.63, 3.8) is 0 Å². The first-order valence-electron chi connectivity index (χ1n) is 5.78. The standard InChI is InChI=1S/C8H14O5.C3H8O2/c9-5-6-13-8(12)4-2-1-3-7(10)11;4-2-1-3-5/h9H,1-6H2,(H,10,11);4-5H,1-3H2. The third kappa shape index (κ3) is 20.3. The Hall–Kier alpha value is -1.18. The summed E-state index contributed by atoms with van der Waals surface area (Å²) < 4.78 is 4.56. The van der Waals surface area contributed by atoms with Crippen LogP contribution in [-0.4, -0.2) is 58.8 Å². The molecule has 108 valence electrons. The first kappa shape index (κ1) is 19.2. The Balaban J connectivity index is 0. The Kier molecular flexibility index (Phi) is 16.8. The normalized spacial score (nSPS) is 9.28. The molecule has 0 saturated carbocycles. The molecule has 0 radical (unpaired) electrons. The molecule has 0 aromatic heterocycles. The van der Waals surface area contributed by atoms with E-state index in [1.807, 2.05) is 0 Å². The first-order chi connectivity index (χ1) is 8.58. The molecule has 0 rings (SSSR count). The lowest BCUT2D eigenvalue weighted by atomic mass is 10.2. The van der Waals surface area contributed by atoms with E-state index in [1.54, 1.807) is 0 Å². The lowest BCUT2D eigenvalue weighted by Gasteiger charge is -2.01. The number of carboxylic acids is 1. The average Bonchev–Trinajstić information content (AvgIpc) is 2.33. The van der Waals surface area contributed by atoms with Gasteiger partial charge in [-0.3, -0.25) is 9.59 Å². The van der Waals surface area contributed by atoms with Gasteiger partial charge in [0.2, 0.25) is 0 Å². The predicted molar refractivity (Wildman–Crippen MR) is 62.9 cm³/mol. The molecule has 0 aromatic carbocycles. The van der Waals surface area contributed by atoms with Gasteiger partial charge in [-0.15, -0.1) is 0 Å². The molecule has 0 amide bonds. The minimum Gasteiger partial charge on any atom is -0.481 e. The zero-order valence-corrected chi connectivity index (χ0v) is 10.4. The maximum absolute atomic E-state index is 10.8. The number of carbonyl (C=O) groups excluding carboxylic acids is 1. The fraction of sp³-hybridized carbons (Fsp3) is 0.818. The summed E-state index contributed by atoms with van der Waals surface area (Å²) in [6.07, 6.45) is 1.78. The topological polar surface area (TPSA) is 124 Å². The van der Waals surface area contributed by atoms with E-state index in [-0.39, 0.29) is 45.2 Å². The molecule has 7 heteroatoms. The average molecular weight is 266 g/mol. The molecule has 0 aliphatic carbocycles. The van der Waals surface area contributed by atoms with Gasteiger partial charge in [-0.25, -0.2) is 0 Å². The first-order valence-corrected chi connectivity index (χ1v) is 5.78. The molecule has 0 saturated heterocycles. The number of hydrogen-bond donors (Lipinski definition) is 4. The van der Waals surface area contributed by atoms with Gasteiger partial charge >= 0.3 is 11.9 Å². The Morgan fingerprint density at radius 2 is 1.39 bits per heavy atom. The summed E-state index contributed by atoms with van der Waals surface area (Å²) >= 11 is 0. The SMILES string of the molecule is O=C(O)CCCCC(=O)OCCO.OCCCO. The maximum Gasteiger partial charge on any atom is 0.305 e. The van der Waals surface area contributed by atoms with Crippen molar-refractivity contribution in [2.45, 2.75) is 32.1 Å². The molecule has 0 fully saturated rings. The smallest absolute Gasteiger partial charge is 0.305 e. The second-order valence-corrected chi connectivity index (χ2v) is 3.35. The predicted octanol–water partition coefficient (Wildman–Crippen LogP) is -0.472. The van der Waals surface area contributed by atoms with E-state index in [0.29, 0.717) is 19.3 Å². The van der Waals surface area contributed by atoms with Crippen molar-refractivity contribution in [1.29, 1.82) is 0 Å². The van der Waals surface area contributed by atoms with E-state index < -0.39 is 5.97 Å². The molecule has 0 heterocycles. The van der Waals surface area contributed by atoms with Crippen molar-refractivity contribution in [3.8, 4) is 0 Å². The van der Waals surface area contributed by atoms with Crippen molar-refractivity contribution < 1.29 is 34.8 Å². The number of aliphatic hydroxyl groups excluding tert-OH is 3. The quantitative estimate of drug-likeness (QED) is 0.328. The number of ether oxygens (including phenoxy) is 1. The molecule has 0 bridgehead atoms. The summed E-state index contributed by atoms with van der Waals surface area (Å²) in [4.78, 5) is 20.8. The summed E-state index contributed by atoms with van der Waals surface area (Å²) in [5.74, 6) is -1.25. The molecule has 0 aliphatic rings. The maximum atomic E-state index is 10.8. The third-order valence-electron chi connectivity index (χ3n) is 1.69. The monoisotopic (exact) mass is 266 g/mol. The van der Waals surface area contributed by atoms with Gasteiger partial charge in [0.15, 0.2) is 0 Å². The highest BCUT2D eigenvalue weighted by Gasteiger charge is 2.03. The second kappa shape index (κ2) is 15.8. The molecule has 18 heavy (non-hydrogen) atoms. The molecule has 0 aromatic rings. The van der Waals surface area contributed by atoms with Crippen LogP contribution in [0.25, 0.3) is 0 Å². The molecular formula is C11H22O7. The van der Waals surface area contributed by atoms with E-state index >= 15 is 0 Å². The van der Waals surface area contributed by atoms with Crippen LogP contribution in [0.5, 0.6) is 0 Å². The van der Waals surface area contributed by atoms with Gasteiger partial charge in [0, 0.05) is 26.1 Å². The molecule has 4 N–H and O–H groups in total. The van der Waals surface area contributed by atoms with Gasteiger partial charge in [0.05, 0.1) is 6.61 Å². The van der Waals surface area contributed by atoms with E-state index in [9.17, 15) is 9.59 Å². The number of hydrogen-bond acceptors (Lipinski definition) is 6. The molecule has 0 aliphatic heterocycles. The van der Waals surface area contributed by atoms with Crippen LogP contribution in [0.15, 0.2) is 0 Å². The van der Waals surface area contributed by atoms with Crippen LogP contribution in [0.1, 0.15) is 32.1 Å². The molecule has 0 unspecified atom stereocenters. The zero-order chi connectivity index (χ0) is 14.2. The third-order valence-corrected chi connectivity index (χ3v) is 1.69. The summed E-state index contributed by atoms with van der Waals surface area (Å²) in [6.45, 7) is 0.0195. The van der Waals surface area contributed by atoms with Crippen molar-refractivity contribution in [2.75, 3.05) is 26.4 Å². The van der Waals surface area contributed by atoms with Crippen LogP contribution in [0.4, 0.5) is 0 Å². The number of aliphatic hydroxyl groups is 3. The van der Waals surface area contributed by atoms with Gasteiger partial charge in [0.1, 0.15) is 6.61 Å². The zero-order valence-electron chi connectivity index (χ0n) is 10.4. The van der Waals surface area contributed by atoms with Crippen molar-refractivity contribution in [3.05, 3.63) is 0 Å².